The summed E-state index contributed by atoms with van der Waals surface area (Å²) in [5.41, 5.74) is 2.39. The minimum absolute atomic E-state index is 0.00874. The SMILES string of the molecule is COc1ccc(C(C(=O)CC2CCCCC2)N(C(=O)CO)c2ccc(C)cc2)cc1. The number of ether oxygens (including phenoxy) is 1. The lowest BCUT2D eigenvalue weighted by molar-refractivity contribution is -0.127. The van der Waals surface area contributed by atoms with Gasteiger partial charge in [0.05, 0.1) is 7.11 Å². The molecule has 1 aliphatic carbocycles. The highest BCUT2D eigenvalue weighted by atomic mass is 16.5. The molecule has 2 aromatic rings. The summed E-state index contributed by atoms with van der Waals surface area (Å²) in [7, 11) is 1.59. The van der Waals surface area contributed by atoms with Crippen LogP contribution in [-0.2, 0) is 9.59 Å². The number of Topliss-reactive ketones (excluding diaryl/α,β-unsaturated/α-hetero) is 1. The van der Waals surface area contributed by atoms with Crippen molar-refractivity contribution in [3.63, 3.8) is 0 Å². The number of benzene rings is 2. The Morgan fingerprint density at radius 2 is 1.67 bits per heavy atom. The molecule has 1 amide bonds. The first-order chi connectivity index (χ1) is 14.5. The Hall–Kier alpha value is -2.66. The monoisotopic (exact) mass is 409 g/mol. The van der Waals surface area contributed by atoms with Crippen LogP contribution in [0.2, 0.25) is 0 Å². The number of hydrogen-bond acceptors (Lipinski definition) is 4. The van der Waals surface area contributed by atoms with E-state index in [0.29, 0.717) is 23.8 Å². The van der Waals surface area contributed by atoms with Gasteiger partial charge in [-0.25, -0.2) is 0 Å². The zero-order chi connectivity index (χ0) is 21.5. The zero-order valence-corrected chi connectivity index (χ0v) is 17.8. The molecule has 2 aromatic carbocycles. The molecule has 160 valence electrons. The van der Waals surface area contributed by atoms with Crippen molar-refractivity contribution < 1.29 is 19.4 Å². The Kier molecular flexibility index (Phi) is 7.63. The second-order valence-electron chi connectivity index (χ2n) is 8.11. The number of aliphatic hydroxyl groups excluding tert-OH is 1. The molecule has 3 rings (SSSR count). The lowest BCUT2D eigenvalue weighted by Gasteiger charge is -2.32. The van der Waals surface area contributed by atoms with E-state index < -0.39 is 18.6 Å². The molecule has 0 radical (unpaired) electrons. The van der Waals surface area contributed by atoms with Gasteiger partial charge in [0.2, 0.25) is 0 Å². The molecular formula is C25H31NO4. The van der Waals surface area contributed by atoms with E-state index in [1.54, 1.807) is 19.2 Å². The van der Waals surface area contributed by atoms with E-state index in [1.807, 2.05) is 43.3 Å². The summed E-state index contributed by atoms with van der Waals surface area (Å²) in [6, 6.07) is 13.9. The normalized spacial score (nSPS) is 15.4. The van der Waals surface area contributed by atoms with Crippen LogP contribution in [0.5, 0.6) is 5.75 Å². The number of aliphatic hydroxyl groups is 1. The molecule has 0 saturated heterocycles. The van der Waals surface area contributed by atoms with Crippen LogP contribution in [0.3, 0.4) is 0 Å². The Bertz CT molecular complexity index is 838. The molecule has 1 unspecified atom stereocenters. The molecular weight excluding hydrogens is 378 g/mol. The molecule has 5 nitrogen and oxygen atoms in total. The smallest absolute Gasteiger partial charge is 0.253 e. The Morgan fingerprint density at radius 3 is 2.23 bits per heavy atom. The zero-order valence-electron chi connectivity index (χ0n) is 17.8. The molecule has 1 atom stereocenters. The van der Waals surface area contributed by atoms with Gasteiger partial charge < -0.3 is 9.84 Å². The Morgan fingerprint density at radius 1 is 1.03 bits per heavy atom. The fourth-order valence-corrected chi connectivity index (χ4v) is 4.27. The number of methoxy groups -OCH3 is 1. The second kappa shape index (κ2) is 10.4. The summed E-state index contributed by atoms with van der Waals surface area (Å²) in [6.45, 7) is 1.31. The average Bonchev–Trinajstić information content (AvgIpc) is 2.78. The molecule has 0 aromatic heterocycles. The average molecular weight is 410 g/mol. The maximum Gasteiger partial charge on any atom is 0.253 e. The lowest BCUT2D eigenvalue weighted by atomic mass is 9.83. The van der Waals surface area contributed by atoms with Crippen LogP contribution in [-0.4, -0.2) is 30.5 Å². The minimum atomic E-state index is -0.778. The van der Waals surface area contributed by atoms with Crippen LogP contribution in [0.15, 0.2) is 48.5 Å². The molecule has 1 fully saturated rings. The van der Waals surface area contributed by atoms with Crippen molar-refractivity contribution in [1.29, 1.82) is 0 Å². The van der Waals surface area contributed by atoms with E-state index in [-0.39, 0.29) is 5.78 Å². The number of aryl methyl sites for hydroxylation is 1. The van der Waals surface area contributed by atoms with Crippen LogP contribution in [0.4, 0.5) is 5.69 Å². The third-order valence-corrected chi connectivity index (χ3v) is 5.93. The number of hydrogen-bond donors (Lipinski definition) is 1. The van der Waals surface area contributed by atoms with Crippen molar-refractivity contribution >= 4 is 17.4 Å². The van der Waals surface area contributed by atoms with E-state index in [4.69, 9.17) is 4.74 Å². The van der Waals surface area contributed by atoms with Gasteiger partial charge in [0.1, 0.15) is 18.4 Å². The molecule has 0 aliphatic heterocycles. The van der Waals surface area contributed by atoms with Gasteiger partial charge in [0.15, 0.2) is 5.78 Å². The first kappa shape index (κ1) is 22.0. The van der Waals surface area contributed by atoms with Crippen molar-refractivity contribution in [2.45, 2.75) is 51.5 Å². The number of amides is 1. The van der Waals surface area contributed by atoms with Crippen molar-refractivity contribution in [1.82, 2.24) is 0 Å². The van der Waals surface area contributed by atoms with E-state index in [1.165, 1.54) is 11.3 Å². The molecule has 1 aliphatic rings. The summed E-state index contributed by atoms with van der Waals surface area (Å²) in [5, 5.41) is 9.68. The number of carbonyl (C=O) groups is 2. The van der Waals surface area contributed by atoms with Crippen molar-refractivity contribution in [2.75, 3.05) is 18.6 Å². The van der Waals surface area contributed by atoms with Crippen LogP contribution in [0.25, 0.3) is 0 Å². The van der Waals surface area contributed by atoms with Gasteiger partial charge in [-0.3, -0.25) is 14.5 Å². The summed E-state index contributed by atoms with van der Waals surface area (Å²) in [4.78, 5) is 27.8. The highest BCUT2D eigenvalue weighted by molar-refractivity contribution is 6.02. The summed E-state index contributed by atoms with van der Waals surface area (Å²) < 4.78 is 5.25. The standard InChI is InChI=1S/C25H31NO4/c1-18-8-12-21(13-9-18)26(24(29)17-27)25(20-10-14-22(30-2)15-11-20)23(28)16-19-6-4-3-5-7-19/h8-15,19,25,27H,3-7,16-17H2,1-2H3. The molecule has 0 heterocycles. The van der Waals surface area contributed by atoms with Gasteiger partial charge in [-0.2, -0.15) is 0 Å². The number of nitrogens with zero attached hydrogens (tertiary/aromatic N) is 1. The Labute approximate surface area is 178 Å². The minimum Gasteiger partial charge on any atom is -0.497 e. The molecule has 0 bridgehead atoms. The number of rotatable bonds is 8. The number of ketones is 1. The van der Waals surface area contributed by atoms with Gasteiger partial charge >= 0.3 is 0 Å². The van der Waals surface area contributed by atoms with E-state index in [0.717, 1.165) is 36.8 Å². The fraction of sp³-hybridized carbons (Fsp3) is 0.440. The first-order valence-electron chi connectivity index (χ1n) is 10.7. The van der Waals surface area contributed by atoms with Crippen molar-refractivity contribution in [3.05, 3.63) is 59.7 Å². The van der Waals surface area contributed by atoms with Gasteiger partial charge in [-0.05, 0) is 42.7 Å². The maximum absolute atomic E-state index is 13.6. The summed E-state index contributed by atoms with van der Waals surface area (Å²) in [5.74, 6) is 0.565. The van der Waals surface area contributed by atoms with Crippen molar-refractivity contribution in [3.8, 4) is 5.75 Å². The highest BCUT2D eigenvalue weighted by Crippen LogP contribution is 2.34. The van der Waals surface area contributed by atoms with Crippen LogP contribution in [0.1, 0.15) is 55.7 Å². The van der Waals surface area contributed by atoms with E-state index >= 15 is 0 Å². The second-order valence-corrected chi connectivity index (χ2v) is 8.11. The lowest BCUT2D eigenvalue weighted by Crippen LogP contribution is -2.41. The molecule has 1 saturated carbocycles. The Balaban J connectivity index is 2.00. The number of anilines is 1. The molecule has 1 N–H and O–H groups in total. The summed E-state index contributed by atoms with van der Waals surface area (Å²) >= 11 is 0. The van der Waals surface area contributed by atoms with Crippen LogP contribution < -0.4 is 9.64 Å². The molecule has 5 heteroatoms. The topological polar surface area (TPSA) is 66.8 Å². The van der Waals surface area contributed by atoms with Crippen molar-refractivity contribution in [2.24, 2.45) is 5.92 Å². The van der Waals surface area contributed by atoms with Crippen LogP contribution >= 0.6 is 0 Å². The van der Waals surface area contributed by atoms with E-state index in [9.17, 15) is 14.7 Å². The number of carbonyl (C=O) groups excluding carboxylic acids is 2. The summed E-state index contributed by atoms with van der Waals surface area (Å²) in [6.07, 6.45) is 6.09. The van der Waals surface area contributed by atoms with Gasteiger partial charge in [-0.15, -0.1) is 0 Å². The molecule has 30 heavy (non-hydrogen) atoms. The van der Waals surface area contributed by atoms with Gasteiger partial charge in [0, 0.05) is 12.1 Å². The predicted octanol–water partition coefficient (Wildman–Crippen LogP) is 4.61. The van der Waals surface area contributed by atoms with E-state index in [2.05, 4.69) is 0 Å². The maximum atomic E-state index is 13.6. The predicted molar refractivity (Wildman–Crippen MR) is 118 cm³/mol. The molecule has 0 spiro atoms. The quantitative estimate of drug-likeness (QED) is 0.691. The van der Waals surface area contributed by atoms with Crippen LogP contribution in [0, 0.1) is 12.8 Å². The van der Waals surface area contributed by atoms with Gasteiger partial charge in [-0.1, -0.05) is 61.9 Å². The first-order valence-corrected chi connectivity index (χ1v) is 10.7. The highest BCUT2D eigenvalue weighted by Gasteiger charge is 2.33. The fourth-order valence-electron chi connectivity index (χ4n) is 4.27. The third-order valence-electron chi connectivity index (χ3n) is 5.93. The largest absolute Gasteiger partial charge is 0.497 e. The third kappa shape index (κ3) is 5.28. The van der Waals surface area contributed by atoms with Gasteiger partial charge in [0.25, 0.3) is 5.91 Å².